The van der Waals surface area contributed by atoms with Gasteiger partial charge >= 0.3 is 0 Å². The van der Waals surface area contributed by atoms with Gasteiger partial charge < -0.3 is 15.4 Å². The second-order valence-electron chi connectivity index (χ2n) is 8.86. The van der Waals surface area contributed by atoms with Crippen LogP contribution in [-0.2, 0) is 14.3 Å². The molecule has 2 N–H and O–H groups in total. The van der Waals surface area contributed by atoms with Gasteiger partial charge in [0.25, 0.3) is 5.91 Å². The second-order valence-corrected chi connectivity index (χ2v) is 9.81. The number of nitrogens with one attached hydrogen (secondary N) is 2. The number of thiophene rings is 1. The van der Waals surface area contributed by atoms with Crippen LogP contribution in [0, 0.1) is 13.8 Å². The molecular weight excluding hydrogens is 474 g/mol. The Bertz CT molecular complexity index is 1170. The summed E-state index contributed by atoms with van der Waals surface area (Å²) in [6.45, 7) is 4.66. The Balaban J connectivity index is 1.68. The van der Waals surface area contributed by atoms with E-state index < -0.39 is 6.04 Å². The van der Waals surface area contributed by atoms with E-state index in [1.165, 1.54) is 16.2 Å². The fourth-order valence-electron chi connectivity index (χ4n) is 4.49. The summed E-state index contributed by atoms with van der Waals surface area (Å²) in [5.41, 5.74) is 3.07. The Hall–Kier alpha value is -3.49. The number of nitrogens with zero attached hydrogens (tertiary/aromatic N) is 1. The van der Waals surface area contributed by atoms with Crippen molar-refractivity contribution in [2.75, 3.05) is 24.6 Å². The van der Waals surface area contributed by atoms with Crippen LogP contribution in [0.4, 0.5) is 5.69 Å². The third kappa shape index (κ3) is 6.01. The molecular formula is C28H31N3O4S. The molecule has 1 aliphatic heterocycles. The number of hydrogen-bond acceptors (Lipinski definition) is 5. The molecule has 2 unspecified atom stereocenters. The highest BCUT2D eigenvalue weighted by atomic mass is 32.1. The zero-order valence-electron chi connectivity index (χ0n) is 20.5. The zero-order valence-corrected chi connectivity index (χ0v) is 21.3. The first-order valence-electron chi connectivity index (χ1n) is 12.1. The predicted molar refractivity (Wildman–Crippen MR) is 141 cm³/mol. The lowest BCUT2D eigenvalue weighted by Crippen LogP contribution is -2.49. The minimum atomic E-state index is -0.918. The third-order valence-electron chi connectivity index (χ3n) is 6.24. The zero-order chi connectivity index (χ0) is 25.5. The molecule has 1 fully saturated rings. The highest BCUT2D eigenvalue weighted by Crippen LogP contribution is 2.33. The normalized spacial score (nSPS) is 15.8. The number of para-hydroxylation sites is 1. The lowest BCUT2D eigenvalue weighted by Gasteiger charge is -2.34. The number of rotatable bonds is 9. The van der Waals surface area contributed by atoms with E-state index in [4.69, 9.17) is 4.74 Å². The van der Waals surface area contributed by atoms with Crippen LogP contribution < -0.4 is 15.5 Å². The molecule has 1 aromatic heterocycles. The number of carbonyl (C=O) groups is 3. The van der Waals surface area contributed by atoms with Crippen LogP contribution in [-0.4, -0.2) is 43.5 Å². The standard InChI is InChI=1S/C28H31N3O4S/c1-19-9-6-10-20(2)25(19)31(24(32)18-30-27(33)23-14-8-16-36-23)26(21-11-4-3-5-12-21)28(34)29-17-22-13-7-15-35-22/h3-6,8-12,14,16,22,26H,7,13,15,17-18H2,1-2H3,(H,29,34)(H,30,33). The molecule has 0 radical (unpaired) electrons. The van der Waals surface area contributed by atoms with Crippen molar-refractivity contribution >= 4 is 34.7 Å². The lowest BCUT2D eigenvalue weighted by molar-refractivity contribution is -0.126. The number of anilines is 1. The van der Waals surface area contributed by atoms with Gasteiger partial charge in [-0.15, -0.1) is 11.3 Å². The van der Waals surface area contributed by atoms with Crippen molar-refractivity contribution in [3.8, 4) is 0 Å². The summed E-state index contributed by atoms with van der Waals surface area (Å²) in [7, 11) is 0. The minimum absolute atomic E-state index is 0.0280. The van der Waals surface area contributed by atoms with E-state index in [1.54, 1.807) is 12.1 Å². The Morgan fingerprint density at radius 3 is 2.39 bits per heavy atom. The van der Waals surface area contributed by atoms with Crippen molar-refractivity contribution in [1.29, 1.82) is 0 Å². The molecule has 3 aromatic rings. The van der Waals surface area contributed by atoms with Crippen LogP contribution >= 0.6 is 11.3 Å². The van der Waals surface area contributed by atoms with E-state index in [2.05, 4.69) is 10.6 Å². The topological polar surface area (TPSA) is 87.7 Å². The first-order chi connectivity index (χ1) is 17.5. The van der Waals surface area contributed by atoms with Gasteiger partial charge in [0.15, 0.2) is 0 Å². The van der Waals surface area contributed by atoms with Gasteiger partial charge in [-0.05, 0) is 54.8 Å². The Morgan fingerprint density at radius 1 is 1.00 bits per heavy atom. The summed E-state index contributed by atoms with van der Waals surface area (Å²) in [5, 5.41) is 7.54. The van der Waals surface area contributed by atoms with E-state index in [1.807, 2.05) is 67.8 Å². The summed E-state index contributed by atoms with van der Waals surface area (Å²) >= 11 is 1.31. The average molecular weight is 506 g/mol. The summed E-state index contributed by atoms with van der Waals surface area (Å²) in [4.78, 5) is 42.1. The van der Waals surface area contributed by atoms with Gasteiger partial charge in [0.05, 0.1) is 23.2 Å². The maximum Gasteiger partial charge on any atom is 0.261 e. The van der Waals surface area contributed by atoms with Gasteiger partial charge in [0.1, 0.15) is 6.04 Å². The first-order valence-corrected chi connectivity index (χ1v) is 13.0. The highest BCUT2D eigenvalue weighted by molar-refractivity contribution is 7.12. The molecule has 3 amide bonds. The van der Waals surface area contributed by atoms with Crippen molar-refractivity contribution in [3.05, 3.63) is 87.6 Å². The molecule has 0 saturated carbocycles. The highest BCUT2D eigenvalue weighted by Gasteiger charge is 2.34. The summed E-state index contributed by atoms with van der Waals surface area (Å²) in [5.74, 6) is -0.991. The quantitative estimate of drug-likeness (QED) is 0.457. The summed E-state index contributed by atoms with van der Waals surface area (Å²) < 4.78 is 5.68. The van der Waals surface area contributed by atoms with Gasteiger partial charge in [-0.2, -0.15) is 0 Å². The molecule has 0 bridgehead atoms. The number of amides is 3. The van der Waals surface area contributed by atoms with Crippen LogP contribution in [0.1, 0.15) is 45.2 Å². The number of hydrogen-bond donors (Lipinski definition) is 2. The molecule has 36 heavy (non-hydrogen) atoms. The van der Waals surface area contributed by atoms with E-state index in [-0.39, 0.29) is 30.4 Å². The Labute approximate surface area is 215 Å². The van der Waals surface area contributed by atoms with Gasteiger partial charge in [0.2, 0.25) is 11.8 Å². The molecule has 1 aliphatic rings. The van der Waals surface area contributed by atoms with Crippen LogP contribution in [0.2, 0.25) is 0 Å². The largest absolute Gasteiger partial charge is 0.376 e. The van der Waals surface area contributed by atoms with Crippen molar-refractivity contribution in [1.82, 2.24) is 10.6 Å². The number of aryl methyl sites for hydroxylation is 2. The predicted octanol–water partition coefficient (Wildman–Crippen LogP) is 4.16. The number of benzene rings is 2. The van der Waals surface area contributed by atoms with Gasteiger partial charge in [-0.3, -0.25) is 19.3 Å². The SMILES string of the molecule is Cc1cccc(C)c1N(C(=O)CNC(=O)c1cccs1)C(C(=O)NCC1CCCO1)c1ccccc1. The van der Waals surface area contributed by atoms with E-state index in [0.717, 1.165) is 24.0 Å². The number of ether oxygens (including phenoxy) is 1. The molecule has 2 atom stereocenters. The average Bonchev–Trinajstić information content (AvgIpc) is 3.60. The lowest BCUT2D eigenvalue weighted by atomic mass is 9.99. The molecule has 1 saturated heterocycles. The monoisotopic (exact) mass is 505 g/mol. The molecule has 188 valence electrons. The maximum atomic E-state index is 13.8. The fourth-order valence-corrected chi connectivity index (χ4v) is 5.13. The van der Waals surface area contributed by atoms with Crippen molar-refractivity contribution in [3.63, 3.8) is 0 Å². The molecule has 4 rings (SSSR count). The van der Waals surface area contributed by atoms with Gasteiger partial charge in [-0.25, -0.2) is 0 Å². The molecule has 7 nitrogen and oxygen atoms in total. The van der Waals surface area contributed by atoms with Crippen LogP contribution in [0.15, 0.2) is 66.0 Å². The van der Waals surface area contributed by atoms with Crippen LogP contribution in [0.3, 0.4) is 0 Å². The smallest absolute Gasteiger partial charge is 0.261 e. The summed E-state index contributed by atoms with van der Waals surface area (Å²) in [6.07, 6.45) is 1.84. The van der Waals surface area contributed by atoms with Crippen molar-refractivity contribution < 1.29 is 19.1 Å². The number of carbonyl (C=O) groups excluding carboxylic acids is 3. The fraction of sp³-hybridized carbons (Fsp3) is 0.321. The van der Waals surface area contributed by atoms with E-state index >= 15 is 0 Å². The molecule has 0 aliphatic carbocycles. The van der Waals surface area contributed by atoms with E-state index in [9.17, 15) is 14.4 Å². The molecule has 8 heteroatoms. The molecule has 2 heterocycles. The Kier molecular flexibility index (Phi) is 8.51. The minimum Gasteiger partial charge on any atom is -0.376 e. The van der Waals surface area contributed by atoms with Gasteiger partial charge in [-0.1, -0.05) is 54.6 Å². The first kappa shape index (κ1) is 25.6. The van der Waals surface area contributed by atoms with Crippen LogP contribution in [0.5, 0.6) is 0 Å². The summed E-state index contributed by atoms with van der Waals surface area (Å²) in [6, 6.07) is 17.6. The van der Waals surface area contributed by atoms with Crippen molar-refractivity contribution in [2.24, 2.45) is 0 Å². The Morgan fingerprint density at radius 2 is 1.75 bits per heavy atom. The molecule has 2 aromatic carbocycles. The van der Waals surface area contributed by atoms with E-state index in [0.29, 0.717) is 29.3 Å². The van der Waals surface area contributed by atoms with Crippen LogP contribution in [0.25, 0.3) is 0 Å². The molecule has 0 spiro atoms. The third-order valence-corrected chi connectivity index (χ3v) is 7.11. The maximum absolute atomic E-state index is 13.8. The van der Waals surface area contributed by atoms with Crippen molar-refractivity contribution in [2.45, 2.75) is 38.8 Å². The van der Waals surface area contributed by atoms with Gasteiger partial charge in [0, 0.05) is 13.2 Å². The second kappa shape index (κ2) is 12.0.